The lowest BCUT2D eigenvalue weighted by Gasteiger charge is -2.14. The van der Waals surface area contributed by atoms with Gasteiger partial charge in [-0.25, -0.2) is 0 Å². The van der Waals surface area contributed by atoms with E-state index in [1.165, 1.54) is 0 Å². The van der Waals surface area contributed by atoms with Gasteiger partial charge in [0.1, 0.15) is 6.23 Å². The highest BCUT2D eigenvalue weighted by Crippen LogP contribution is 2.34. The van der Waals surface area contributed by atoms with Crippen LogP contribution in [-0.2, 0) is 4.74 Å². The summed E-state index contributed by atoms with van der Waals surface area (Å²) in [7, 11) is 3.50. The van der Waals surface area contributed by atoms with Crippen molar-refractivity contribution in [2.45, 2.75) is 6.23 Å². The zero-order valence-corrected chi connectivity index (χ0v) is 8.24. The summed E-state index contributed by atoms with van der Waals surface area (Å²) in [6.45, 7) is 0.302. The summed E-state index contributed by atoms with van der Waals surface area (Å²) in [5.41, 5.74) is 1.03. The lowest BCUT2D eigenvalue weighted by Crippen LogP contribution is -2.17. The molecular weight excluding hydrogens is 182 g/mol. The van der Waals surface area contributed by atoms with Crippen molar-refractivity contribution in [3.05, 3.63) is 23.8 Å². The quantitative estimate of drug-likeness (QED) is 0.737. The van der Waals surface area contributed by atoms with E-state index in [4.69, 9.17) is 14.2 Å². The summed E-state index contributed by atoms with van der Waals surface area (Å²) < 4.78 is 15.7. The lowest BCUT2D eigenvalue weighted by molar-refractivity contribution is 0.0807. The molecule has 0 amide bonds. The molecule has 1 heterocycles. The number of rotatable bonds is 3. The van der Waals surface area contributed by atoms with Crippen molar-refractivity contribution in [3.63, 3.8) is 0 Å². The molecule has 4 heteroatoms. The number of nitrogens with one attached hydrogen (secondary N) is 1. The van der Waals surface area contributed by atoms with E-state index in [2.05, 4.69) is 5.32 Å². The van der Waals surface area contributed by atoms with E-state index in [0.717, 1.165) is 17.1 Å². The SMILES string of the molecule is CNC(OC)c1ccc2c(c1)OCO2. The van der Waals surface area contributed by atoms with Gasteiger partial charge in [-0.15, -0.1) is 0 Å². The van der Waals surface area contributed by atoms with Crippen LogP contribution in [0.25, 0.3) is 0 Å². The first-order valence-electron chi connectivity index (χ1n) is 4.44. The molecule has 2 rings (SSSR count). The van der Waals surface area contributed by atoms with E-state index in [0.29, 0.717) is 6.79 Å². The normalized spacial score (nSPS) is 15.6. The molecule has 1 unspecified atom stereocenters. The van der Waals surface area contributed by atoms with Crippen LogP contribution in [0.5, 0.6) is 11.5 Å². The third-order valence-corrected chi connectivity index (χ3v) is 2.20. The zero-order chi connectivity index (χ0) is 9.97. The summed E-state index contributed by atoms with van der Waals surface area (Å²) in [5.74, 6) is 1.57. The van der Waals surface area contributed by atoms with Crippen LogP contribution in [-0.4, -0.2) is 21.0 Å². The van der Waals surface area contributed by atoms with Gasteiger partial charge >= 0.3 is 0 Å². The molecular formula is C10H13NO3. The van der Waals surface area contributed by atoms with E-state index in [9.17, 15) is 0 Å². The second kappa shape index (κ2) is 3.86. The van der Waals surface area contributed by atoms with Crippen molar-refractivity contribution in [1.29, 1.82) is 0 Å². The summed E-state index contributed by atoms with van der Waals surface area (Å²) in [6.07, 6.45) is -0.107. The molecule has 4 nitrogen and oxygen atoms in total. The topological polar surface area (TPSA) is 39.7 Å². The number of fused-ring (bicyclic) bond motifs is 1. The van der Waals surface area contributed by atoms with Gasteiger partial charge in [-0.2, -0.15) is 0 Å². The molecule has 1 aliphatic heterocycles. The highest BCUT2D eigenvalue weighted by Gasteiger charge is 2.16. The van der Waals surface area contributed by atoms with Crippen LogP contribution in [0, 0.1) is 0 Å². The standard InChI is InChI=1S/C10H13NO3/c1-11-10(12-2)7-3-4-8-9(5-7)14-6-13-8/h3-5,10-11H,6H2,1-2H3. The number of hydrogen-bond donors (Lipinski definition) is 1. The maximum Gasteiger partial charge on any atom is 0.231 e. The van der Waals surface area contributed by atoms with Crippen LogP contribution >= 0.6 is 0 Å². The van der Waals surface area contributed by atoms with Crippen molar-refractivity contribution >= 4 is 0 Å². The third kappa shape index (κ3) is 1.54. The van der Waals surface area contributed by atoms with Crippen LogP contribution < -0.4 is 14.8 Å². The van der Waals surface area contributed by atoms with E-state index in [1.807, 2.05) is 25.2 Å². The zero-order valence-electron chi connectivity index (χ0n) is 8.24. The lowest BCUT2D eigenvalue weighted by atomic mass is 10.2. The van der Waals surface area contributed by atoms with Gasteiger partial charge in [0, 0.05) is 7.11 Å². The Morgan fingerprint density at radius 3 is 2.86 bits per heavy atom. The molecule has 14 heavy (non-hydrogen) atoms. The van der Waals surface area contributed by atoms with Crippen LogP contribution in [0.15, 0.2) is 18.2 Å². The third-order valence-electron chi connectivity index (χ3n) is 2.20. The molecule has 1 aromatic rings. The Kier molecular flexibility index (Phi) is 2.56. The van der Waals surface area contributed by atoms with E-state index < -0.39 is 0 Å². The highest BCUT2D eigenvalue weighted by molar-refractivity contribution is 5.44. The molecule has 1 atom stereocenters. The minimum Gasteiger partial charge on any atom is -0.454 e. The molecule has 0 spiro atoms. The van der Waals surface area contributed by atoms with E-state index >= 15 is 0 Å². The Morgan fingerprint density at radius 1 is 1.36 bits per heavy atom. The molecule has 0 fully saturated rings. The second-order valence-corrected chi connectivity index (χ2v) is 3.02. The average molecular weight is 195 g/mol. The first-order chi connectivity index (χ1) is 6.85. The molecule has 0 radical (unpaired) electrons. The van der Waals surface area contributed by atoms with E-state index in [-0.39, 0.29) is 6.23 Å². The van der Waals surface area contributed by atoms with Gasteiger partial charge in [0.05, 0.1) is 0 Å². The van der Waals surface area contributed by atoms with Crippen molar-refractivity contribution in [2.75, 3.05) is 21.0 Å². The Hall–Kier alpha value is -1.26. The molecule has 0 saturated carbocycles. The molecule has 1 N–H and O–H groups in total. The average Bonchev–Trinajstić information content (AvgIpc) is 2.66. The molecule has 0 bridgehead atoms. The summed E-state index contributed by atoms with van der Waals surface area (Å²) in [5, 5.41) is 3.04. The Bertz CT molecular complexity index is 323. The predicted octanol–water partition coefficient (Wildman–Crippen LogP) is 1.28. The number of benzene rings is 1. The molecule has 76 valence electrons. The molecule has 0 aromatic heterocycles. The minimum absolute atomic E-state index is 0.107. The summed E-state index contributed by atoms with van der Waals surface area (Å²) in [6, 6.07) is 5.77. The molecule has 1 aromatic carbocycles. The fraction of sp³-hybridized carbons (Fsp3) is 0.400. The maximum absolute atomic E-state index is 5.27. The molecule has 1 aliphatic rings. The Balaban J connectivity index is 2.27. The molecule has 0 saturated heterocycles. The first kappa shape index (κ1) is 9.30. The van der Waals surface area contributed by atoms with Gasteiger partial charge in [0.2, 0.25) is 6.79 Å². The van der Waals surface area contributed by atoms with Crippen molar-refractivity contribution in [3.8, 4) is 11.5 Å². The number of ether oxygens (including phenoxy) is 3. The van der Waals surface area contributed by atoms with Crippen LogP contribution in [0.1, 0.15) is 11.8 Å². The van der Waals surface area contributed by atoms with E-state index in [1.54, 1.807) is 7.11 Å². The predicted molar refractivity (Wildman–Crippen MR) is 51.4 cm³/mol. The Morgan fingerprint density at radius 2 is 2.14 bits per heavy atom. The van der Waals surface area contributed by atoms with Crippen molar-refractivity contribution in [2.24, 2.45) is 0 Å². The smallest absolute Gasteiger partial charge is 0.231 e. The van der Waals surface area contributed by atoms with Crippen LogP contribution in [0.2, 0.25) is 0 Å². The monoisotopic (exact) mass is 195 g/mol. The van der Waals surface area contributed by atoms with Gasteiger partial charge in [-0.1, -0.05) is 6.07 Å². The first-order valence-corrected chi connectivity index (χ1v) is 4.44. The fourth-order valence-corrected chi connectivity index (χ4v) is 1.50. The molecule has 0 aliphatic carbocycles. The van der Waals surface area contributed by atoms with Crippen LogP contribution in [0.3, 0.4) is 0 Å². The van der Waals surface area contributed by atoms with Gasteiger partial charge < -0.3 is 14.2 Å². The van der Waals surface area contributed by atoms with Crippen molar-refractivity contribution in [1.82, 2.24) is 5.32 Å². The fourth-order valence-electron chi connectivity index (χ4n) is 1.50. The Labute approximate surface area is 82.8 Å². The van der Waals surface area contributed by atoms with Gasteiger partial charge in [0.15, 0.2) is 11.5 Å². The number of methoxy groups -OCH3 is 1. The summed E-state index contributed by atoms with van der Waals surface area (Å²) in [4.78, 5) is 0. The minimum atomic E-state index is -0.107. The maximum atomic E-state index is 5.27. The highest BCUT2D eigenvalue weighted by atomic mass is 16.7. The van der Waals surface area contributed by atoms with Gasteiger partial charge in [0.25, 0.3) is 0 Å². The van der Waals surface area contributed by atoms with Gasteiger partial charge in [-0.3, -0.25) is 5.32 Å². The largest absolute Gasteiger partial charge is 0.454 e. The van der Waals surface area contributed by atoms with Crippen LogP contribution in [0.4, 0.5) is 0 Å². The summed E-state index contributed by atoms with van der Waals surface area (Å²) >= 11 is 0. The second-order valence-electron chi connectivity index (χ2n) is 3.02. The van der Waals surface area contributed by atoms with Crippen molar-refractivity contribution < 1.29 is 14.2 Å². The van der Waals surface area contributed by atoms with Gasteiger partial charge in [-0.05, 0) is 24.7 Å². The number of hydrogen-bond acceptors (Lipinski definition) is 4.